The van der Waals surface area contributed by atoms with Crippen LogP contribution in [0.25, 0.3) is 0 Å². The van der Waals surface area contributed by atoms with Crippen LogP contribution in [0.5, 0.6) is 17.2 Å². The molecule has 204 valence electrons. The number of carbonyl (C=O) groups excluding carboxylic acids is 2. The summed E-state index contributed by atoms with van der Waals surface area (Å²) in [5.74, 6) is 0.587. The van der Waals surface area contributed by atoms with Crippen molar-refractivity contribution in [3.63, 3.8) is 0 Å². The van der Waals surface area contributed by atoms with Gasteiger partial charge in [-0.3, -0.25) is 9.59 Å². The second kappa shape index (κ2) is 11.9. The summed E-state index contributed by atoms with van der Waals surface area (Å²) in [5, 5.41) is 23.6. The summed E-state index contributed by atoms with van der Waals surface area (Å²) in [5.41, 5.74) is 2.07. The second-order valence-electron chi connectivity index (χ2n) is 9.79. The quantitative estimate of drug-likeness (QED) is 0.436. The molecular weight excluding hydrogens is 488 g/mol. The van der Waals surface area contributed by atoms with Gasteiger partial charge in [-0.05, 0) is 42.3 Å². The molecule has 4 rings (SSSR count). The molecule has 0 aromatic heterocycles. The topological polar surface area (TPSA) is 118 Å². The first-order chi connectivity index (χ1) is 18.3. The molecule has 38 heavy (non-hydrogen) atoms. The Kier molecular flexibility index (Phi) is 8.58. The van der Waals surface area contributed by atoms with Crippen LogP contribution >= 0.6 is 0 Å². The molecule has 2 amide bonds. The molecule has 1 aliphatic heterocycles. The summed E-state index contributed by atoms with van der Waals surface area (Å²) >= 11 is 0. The third-order valence-corrected chi connectivity index (χ3v) is 7.12. The van der Waals surface area contributed by atoms with E-state index in [9.17, 15) is 19.8 Å². The van der Waals surface area contributed by atoms with Crippen LogP contribution in [-0.2, 0) is 16.0 Å². The highest BCUT2D eigenvalue weighted by atomic mass is 16.5. The third kappa shape index (κ3) is 5.35. The molecule has 0 radical (unpaired) electrons. The maximum absolute atomic E-state index is 13.5. The molecule has 0 saturated carbocycles. The molecule has 9 heteroatoms. The van der Waals surface area contributed by atoms with Crippen LogP contribution in [0.4, 0.5) is 0 Å². The van der Waals surface area contributed by atoms with Crippen molar-refractivity contribution in [3.05, 3.63) is 65.2 Å². The van der Waals surface area contributed by atoms with Crippen LogP contribution < -0.4 is 19.5 Å². The normalized spacial score (nSPS) is 21.6. The molecule has 3 N–H and O–H groups in total. The first-order valence-corrected chi connectivity index (χ1v) is 12.9. The van der Waals surface area contributed by atoms with E-state index in [0.717, 1.165) is 11.1 Å². The minimum absolute atomic E-state index is 0.0908. The number of carbonyl (C=O) groups is 2. The Morgan fingerprint density at radius 2 is 1.89 bits per heavy atom. The molecule has 0 fully saturated rings. The number of methoxy groups -OCH3 is 2. The van der Waals surface area contributed by atoms with E-state index in [0.29, 0.717) is 29.2 Å². The van der Waals surface area contributed by atoms with E-state index in [1.54, 1.807) is 45.1 Å². The van der Waals surface area contributed by atoms with Gasteiger partial charge in [0.2, 0.25) is 11.8 Å². The molecule has 1 aliphatic carbocycles. The minimum Gasteiger partial charge on any atom is -0.497 e. The average Bonchev–Trinajstić information content (AvgIpc) is 3.32. The fraction of sp³-hybridized carbons (Fsp3) is 0.448. The number of para-hydroxylation sites is 1. The third-order valence-electron chi connectivity index (χ3n) is 7.12. The summed E-state index contributed by atoms with van der Waals surface area (Å²) in [7, 11) is 3.17. The fourth-order valence-electron chi connectivity index (χ4n) is 5.25. The lowest BCUT2D eigenvalue weighted by molar-refractivity contribution is -0.140. The van der Waals surface area contributed by atoms with Gasteiger partial charge in [0.05, 0.1) is 32.8 Å². The van der Waals surface area contributed by atoms with Gasteiger partial charge in [-0.25, -0.2) is 0 Å². The van der Waals surface area contributed by atoms with Gasteiger partial charge < -0.3 is 34.6 Å². The first-order valence-electron chi connectivity index (χ1n) is 12.9. The van der Waals surface area contributed by atoms with Crippen LogP contribution in [-0.4, -0.2) is 79.1 Å². The van der Waals surface area contributed by atoms with Crippen molar-refractivity contribution in [1.82, 2.24) is 10.2 Å². The SMILES string of the molecule is COc1ccc(OC)c(CCN(C(=O)C(C)C)C2C=C(C(=O)NCCO)C3c4ccccc4OC3C2O)c1. The number of amides is 2. The number of rotatable bonds is 10. The second-order valence-corrected chi connectivity index (χ2v) is 9.79. The van der Waals surface area contributed by atoms with Gasteiger partial charge in [-0.1, -0.05) is 32.0 Å². The summed E-state index contributed by atoms with van der Waals surface area (Å²) < 4.78 is 17.0. The molecule has 4 unspecified atom stereocenters. The largest absolute Gasteiger partial charge is 0.497 e. The maximum atomic E-state index is 13.5. The first kappa shape index (κ1) is 27.5. The van der Waals surface area contributed by atoms with Crippen LogP contribution in [0.3, 0.4) is 0 Å². The Morgan fingerprint density at radius 3 is 2.58 bits per heavy atom. The van der Waals surface area contributed by atoms with Gasteiger partial charge in [0.25, 0.3) is 0 Å². The van der Waals surface area contributed by atoms with Gasteiger partial charge in [-0.15, -0.1) is 0 Å². The van der Waals surface area contributed by atoms with Gasteiger partial charge in [-0.2, -0.15) is 0 Å². The van der Waals surface area contributed by atoms with E-state index >= 15 is 0 Å². The molecule has 1 heterocycles. The van der Waals surface area contributed by atoms with Crippen molar-refractivity contribution in [3.8, 4) is 17.2 Å². The lowest BCUT2D eigenvalue weighted by Gasteiger charge is -2.41. The van der Waals surface area contributed by atoms with E-state index in [1.807, 2.05) is 36.4 Å². The zero-order chi connectivity index (χ0) is 27.4. The lowest BCUT2D eigenvalue weighted by atomic mass is 9.77. The fourth-order valence-corrected chi connectivity index (χ4v) is 5.25. The Bertz CT molecular complexity index is 1200. The van der Waals surface area contributed by atoms with E-state index in [1.165, 1.54) is 0 Å². The Balaban J connectivity index is 1.72. The van der Waals surface area contributed by atoms with Gasteiger partial charge >= 0.3 is 0 Å². The van der Waals surface area contributed by atoms with Gasteiger partial charge in [0.1, 0.15) is 29.5 Å². The van der Waals surface area contributed by atoms with Crippen molar-refractivity contribution < 1.29 is 34.0 Å². The lowest BCUT2D eigenvalue weighted by Crippen LogP contribution is -2.56. The zero-order valence-corrected chi connectivity index (χ0v) is 22.2. The smallest absolute Gasteiger partial charge is 0.247 e. The number of ether oxygens (including phenoxy) is 3. The number of benzene rings is 2. The maximum Gasteiger partial charge on any atom is 0.247 e. The highest BCUT2D eigenvalue weighted by Crippen LogP contribution is 2.47. The number of aliphatic hydroxyl groups excluding tert-OH is 2. The number of hydrogen-bond donors (Lipinski definition) is 3. The number of nitrogens with zero attached hydrogens (tertiary/aromatic N) is 1. The predicted octanol–water partition coefficient (Wildman–Crippen LogP) is 2.05. The van der Waals surface area contributed by atoms with Crippen LogP contribution in [0, 0.1) is 5.92 Å². The monoisotopic (exact) mass is 524 g/mol. The van der Waals surface area contributed by atoms with Crippen molar-refractivity contribution >= 4 is 11.8 Å². The number of aliphatic hydroxyl groups is 2. The summed E-state index contributed by atoms with van der Waals surface area (Å²) in [6.07, 6.45) is 0.312. The highest BCUT2D eigenvalue weighted by Gasteiger charge is 2.50. The predicted molar refractivity (Wildman–Crippen MR) is 141 cm³/mol. The van der Waals surface area contributed by atoms with E-state index < -0.39 is 24.2 Å². The summed E-state index contributed by atoms with van der Waals surface area (Å²) in [6.45, 7) is 3.77. The van der Waals surface area contributed by atoms with E-state index in [4.69, 9.17) is 14.2 Å². The Hall–Kier alpha value is -3.56. The molecule has 2 aromatic rings. The van der Waals surface area contributed by atoms with Crippen molar-refractivity contribution in [2.24, 2.45) is 5.92 Å². The molecule has 0 saturated heterocycles. The van der Waals surface area contributed by atoms with Crippen molar-refractivity contribution in [1.29, 1.82) is 0 Å². The molecular formula is C29H36N2O7. The van der Waals surface area contributed by atoms with Gasteiger partial charge in [0.15, 0.2) is 0 Å². The number of nitrogens with one attached hydrogen (secondary N) is 1. The Labute approximate surface area is 223 Å². The average molecular weight is 525 g/mol. The van der Waals surface area contributed by atoms with Crippen molar-refractivity contribution in [2.45, 2.75) is 44.4 Å². The molecule has 2 aromatic carbocycles. The van der Waals surface area contributed by atoms with Gasteiger partial charge in [0, 0.05) is 30.1 Å². The summed E-state index contributed by atoms with van der Waals surface area (Å²) in [4.78, 5) is 28.4. The molecule has 0 bridgehead atoms. The molecule has 9 nitrogen and oxygen atoms in total. The van der Waals surface area contributed by atoms with E-state index in [2.05, 4.69) is 5.32 Å². The number of fused-ring (bicyclic) bond motifs is 3. The van der Waals surface area contributed by atoms with Crippen LogP contribution in [0.2, 0.25) is 0 Å². The standard InChI is InChI=1S/C29H36N2O7/c1-17(2)29(35)31(13-11-18-15-19(36-3)9-10-23(18)37-4)22-16-21(28(34)30-12-14-32)25-20-7-5-6-8-24(20)38-27(25)26(22)33/h5-10,15-17,22,25-27,32-33H,11-14H2,1-4H3,(H,30,34). The number of hydrogen-bond acceptors (Lipinski definition) is 7. The highest BCUT2D eigenvalue weighted by molar-refractivity contribution is 5.96. The summed E-state index contributed by atoms with van der Waals surface area (Å²) in [6, 6.07) is 12.1. The minimum atomic E-state index is -1.07. The Morgan fingerprint density at radius 1 is 1.13 bits per heavy atom. The molecule has 2 aliphatic rings. The molecule has 0 spiro atoms. The van der Waals surface area contributed by atoms with E-state index in [-0.39, 0.29) is 37.4 Å². The van der Waals surface area contributed by atoms with Crippen LogP contribution in [0.1, 0.15) is 30.9 Å². The molecule has 4 atom stereocenters. The zero-order valence-electron chi connectivity index (χ0n) is 22.2. The van der Waals surface area contributed by atoms with Crippen LogP contribution in [0.15, 0.2) is 54.1 Å². The van der Waals surface area contributed by atoms with Crippen molar-refractivity contribution in [2.75, 3.05) is 33.9 Å².